The van der Waals surface area contributed by atoms with Gasteiger partial charge in [-0.05, 0) is 54.8 Å². The van der Waals surface area contributed by atoms with Gasteiger partial charge in [0.2, 0.25) is 0 Å². The molecule has 29 heavy (non-hydrogen) atoms. The summed E-state index contributed by atoms with van der Waals surface area (Å²) < 4.78 is 0. The number of nitrogens with one attached hydrogen (secondary N) is 3. The Kier molecular flexibility index (Phi) is 7.83. The first-order valence-electron chi connectivity index (χ1n) is 10.1. The summed E-state index contributed by atoms with van der Waals surface area (Å²) >= 11 is 1.83. The van der Waals surface area contributed by atoms with Crippen molar-refractivity contribution in [2.75, 3.05) is 31.6 Å². The molecule has 3 aromatic rings. The third kappa shape index (κ3) is 5.25. The summed E-state index contributed by atoms with van der Waals surface area (Å²) in [6, 6.07) is 11.3. The van der Waals surface area contributed by atoms with Crippen LogP contribution in [0.25, 0.3) is 10.9 Å². The molecule has 1 aliphatic rings. The van der Waals surface area contributed by atoms with Gasteiger partial charge in [-0.3, -0.25) is 4.99 Å². The van der Waals surface area contributed by atoms with Crippen LogP contribution in [0.3, 0.4) is 0 Å². The molecule has 1 aromatic carbocycles. The van der Waals surface area contributed by atoms with E-state index in [1.165, 1.54) is 27.0 Å². The Morgan fingerprint density at radius 1 is 1.24 bits per heavy atom. The number of guanidine groups is 1. The van der Waals surface area contributed by atoms with Crippen molar-refractivity contribution in [1.29, 1.82) is 0 Å². The fourth-order valence-electron chi connectivity index (χ4n) is 3.97. The van der Waals surface area contributed by atoms with Crippen molar-refractivity contribution in [3.63, 3.8) is 0 Å². The second kappa shape index (κ2) is 10.3. The molecule has 0 amide bonds. The third-order valence-corrected chi connectivity index (χ3v) is 6.50. The predicted octanol–water partition coefficient (Wildman–Crippen LogP) is 4.53. The Morgan fingerprint density at radius 3 is 2.79 bits per heavy atom. The molecule has 5 nitrogen and oxygen atoms in total. The van der Waals surface area contributed by atoms with E-state index in [4.69, 9.17) is 0 Å². The molecule has 7 heteroatoms. The van der Waals surface area contributed by atoms with Gasteiger partial charge in [0.25, 0.3) is 0 Å². The summed E-state index contributed by atoms with van der Waals surface area (Å²) in [5.74, 6) is 0.908. The second-order valence-corrected chi connectivity index (χ2v) is 8.34. The highest BCUT2D eigenvalue weighted by Crippen LogP contribution is 2.25. The number of halogens is 1. The number of aromatic amines is 1. The quantitative estimate of drug-likeness (QED) is 0.262. The van der Waals surface area contributed by atoms with Gasteiger partial charge in [-0.2, -0.15) is 0 Å². The minimum absolute atomic E-state index is 0. The number of aryl methyl sites for hydroxylation is 1. The zero-order valence-corrected chi connectivity index (χ0v) is 20.2. The fraction of sp³-hybridized carbons (Fsp3) is 0.409. The molecule has 156 valence electrons. The molecule has 0 atom stereocenters. The molecule has 1 fully saturated rings. The Morgan fingerprint density at radius 2 is 2.07 bits per heavy atom. The van der Waals surface area contributed by atoms with Crippen molar-refractivity contribution in [3.8, 4) is 0 Å². The highest BCUT2D eigenvalue weighted by atomic mass is 127. The second-order valence-electron chi connectivity index (χ2n) is 7.42. The maximum Gasteiger partial charge on any atom is 0.191 e. The van der Waals surface area contributed by atoms with Crippen molar-refractivity contribution in [3.05, 3.63) is 53.0 Å². The molecule has 0 aliphatic carbocycles. The van der Waals surface area contributed by atoms with E-state index in [1.54, 1.807) is 0 Å². The lowest BCUT2D eigenvalue weighted by Crippen LogP contribution is -2.49. The first kappa shape index (κ1) is 22.0. The van der Waals surface area contributed by atoms with E-state index in [9.17, 15) is 0 Å². The summed E-state index contributed by atoms with van der Waals surface area (Å²) in [5, 5.41) is 12.0. The van der Waals surface area contributed by atoms with Gasteiger partial charge in [0, 0.05) is 49.8 Å². The Labute approximate surface area is 194 Å². The number of nitrogens with zero attached hydrogens (tertiary/aromatic N) is 2. The molecule has 0 saturated carbocycles. The molecule has 2 aromatic heterocycles. The van der Waals surface area contributed by atoms with E-state index >= 15 is 0 Å². The average molecular weight is 523 g/mol. The summed E-state index contributed by atoms with van der Waals surface area (Å²) in [5.41, 5.74) is 3.89. The standard InChI is InChI=1S/C22H29N5S.HI/c1-16-5-3-6-19-17(15-25-21(16)19)8-11-24-22(23-2)26-18-9-12-27(13-10-18)20-7-4-14-28-20;/h3-7,14-15,18,25H,8-13H2,1-2H3,(H2,23,24,26);1H. The Bertz CT molecular complexity index is 926. The van der Waals surface area contributed by atoms with Crippen molar-refractivity contribution in [2.45, 2.75) is 32.2 Å². The number of aromatic nitrogens is 1. The normalized spacial score (nSPS) is 15.4. The first-order valence-corrected chi connectivity index (χ1v) is 10.9. The number of hydrogen-bond acceptors (Lipinski definition) is 3. The summed E-state index contributed by atoms with van der Waals surface area (Å²) in [6.45, 7) is 5.22. The molecular weight excluding hydrogens is 493 g/mol. The minimum atomic E-state index is 0. The molecular formula is C22H30IN5S. The van der Waals surface area contributed by atoms with E-state index in [2.05, 4.69) is 74.3 Å². The van der Waals surface area contributed by atoms with Crippen molar-refractivity contribution in [2.24, 2.45) is 4.99 Å². The van der Waals surface area contributed by atoms with E-state index in [0.29, 0.717) is 6.04 Å². The van der Waals surface area contributed by atoms with Gasteiger partial charge in [0.05, 0.1) is 5.00 Å². The zero-order chi connectivity index (χ0) is 19.3. The summed E-state index contributed by atoms with van der Waals surface area (Å²) in [4.78, 5) is 10.3. The van der Waals surface area contributed by atoms with E-state index in [-0.39, 0.29) is 24.0 Å². The van der Waals surface area contributed by atoms with Crippen LogP contribution in [0.4, 0.5) is 5.00 Å². The number of anilines is 1. The van der Waals surface area contributed by atoms with Gasteiger partial charge < -0.3 is 20.5 Å². The highest BCUT2D eigenvalue weighted by molar-refractivity contribution is 14.0. The number of piperidine rings is 1. The van der Waals surface area contributed by atoms with Crippen LogP contribution in [0.1, 0.15) is 24.0 Å². The van der Waals surface area contributed by atoms with Crippen LogP contribution >= 0.6 is 35.3 Å². The van der Waals surface area contributed by atoms with Gasteiger partial charge >= 0.3 is 0 Å². The maximum absolute atomic E-state index is 4.42. The zero-order valence-electron chi connectivity index (χ0n) is 17.1. The molecule has 0 bridgehead atoms. The van der Waals surface area contributed by atoms with Crippen molar-refractivity contribution >= 4 is 57.2 Å². The number of H-pyrrole nitrogens is 1. The molecule has 0 radical (unpaired) electrons. The van der Waals surface area contributed by atoms with Crippen molar-refractivity contribution in [1.82, 2.24) is 15.6 Å². The van der Waals surface area contributed by atoms with E-state index < -0.39 is 0 Å². The van der Waals surface area contributed by atoms with Crippen LogP contribution in [0, 0.1) is 6.92 Å². The number of para-hydroxylation sites is 1. The summed E-state index contributed by atoms with van der Waals surface area (Å²) in [7, 11) is 1.85. The number of benzene rings is 1. The van der Waals surface area contributed by atoms with E-state index in [1.807, 2.05) is 18.4 Å². The lowest BCUT2D eigenvalue weighted by atomic mass is 10.1. The monoisotopic (exact) mass is 523 g/mol. The largest absolute Gasteiger partial charge is 0.363 e. The van der Waals surface area contributed by atoms with Gasteiger partial charge in [0.1, 0.15) is 0 Å². The van der Waals surface area contributed by atoms with E-state index in [0.717, 1.165) is 44.9 Å². The topological polar surface area (TPSA) is 55.5 Å². The van der Waals surface area contributed by atoms with Crippen LogP contribution in [0.2, 0.25) is 0 Å². The SMILES string of the molecule is CN=C(NCCc1c[nH]c2c(C)cccc12)NC1CCN(c2cccs2)CC1.I. The molecule has 0 unspecified atom stereocenters. The Balaban J connectivity index is 0.00000240. The number of fused-ring (bicyclic) bond motifs is 1. The molecule has 1 saturated heterocycles. The summed E-state index contributed by atoms with van der Waals surface area (Å²) in [6.07, 6.45) is 5.39. The molecule has 4 rings (SSSR count). The smallest absolute Gasteiger partial charge is 0.191 e. The third-order valence-electron chi connectivity index (χ3n) is 5.57. The van der Waals surface area contributed by atoms with Crippen LogP contribution in [-0.4, -0.2) is 43.7 Å². The lowest BCUT2D eigenvalue weighted by Gasteiger charge is -2.33. The van der Waals surface area contributed by atoms with Crippen LogP contribution < -0.4 is 15.5 Å². The number of rotatable bonds is 5. The van der Waals surface area contributed by atoms with Gasteiger partial charge in [-0.1, -0.05) is 18.2 Å². The van der Waals surface area contributed by atoms with Gasteiger partial charge in [0.15, 0.2) is 5.96 Å². The van der Waals surface area contributed by atoms with Crippen molar-refractivity contribution < 1.29 is 0 Å². The van der Waals surface area contributed by atoms with Crippen LogP contribution in [0.5, 0.6) is 0 Å². The number of hydrogen-bond donors (Lipinski definition) is 3. The number of thiophene rings is 1. The van der Waals surface area contributed by atoms with Gasteiger partial charge in [-0.15, -0.1) is 35.3 Å². The van der Waals surface area contributed by atoms with Crippen LogP contribution in [-0.2, 0) is 6.42 Å². The molecule has 3 heterocycles. The van der Waals surface area contributed by atoms with Gasteiger partial charge in [-0.25, -0.2) is 0 Å². The average Bonchev–Trinajstić information content (AvgIpc) is 3.39. The fourth-order valence-corrected chi connectivity index (χ4v) is 4.75. The minimum Gasteiger partial charge on any atom is -0.363 e. The Hall–Kier alpha value is -1.74. The maximum atomic E-state index is 4.42. The number of aliphatic imine (C=N–C) groups is 1. The van der Waals surface area contributed by atoms with Crippen LogP contribution in [0.15, 0.2) is 46.9 Å². The first-order chi connectivity index (χ1) is 13.7. The molecule has 1 aliphatic heterocycles. The lowest BCUT2D eigenvalue weighted by molar-refractivity contribution is 0.463. The predicted molar refractivity (Wildman–Crippen MR) is 136 cm³/mol. The molecule has 0 spiro atoms. The molecule has 3 N–H and O–H groups in total. The highest BCUT2D eigenvalue weighted by Gasteiger charge is 2.20.